The second kappa shape index (κ2) is 10.1. The van der Waals surface area contributed by atoms with Crippen molar-refractivity contribution in [1.82, 2.24) is 14.9 Å². The van der Waals surface area contributed by atoms with Gasteiger partial charge in [-0.2, -0.15) is 4.98 Å². The van der Waals surface area contributed by atoms with E-state index in [0.717, 1.165) is 42.9 Å². The van der Waals surface area contributed by atoms with Crippen LogP contribution in [0.15, 0.2) is 6.07 Å². The molecule has 0 atom stereocenters. The van der Waals surface area contributed by atoms with Crippen LogP contribution in [0.2, 0.25) is 0 Å². The molecule has 0 radical (unpaired) electrons. The summed E-state index contributed by atoms with van der Waals surface area (Å²) in [5, 5.41) is 3.51. The summed E-state index contributed by atoms with van der Waals surface area (Å²) in [5.74, 6) is 2.43. The molecule has 0 aromatic carbocycles. The fourth-order valence-electron chi connectivity index (χ4n) is 4.73. The van der Waals surface area contributed by atoms with Crippen molar-refractivity contribution in [2.24, 2.45) is 11.7 Å². The molecule has 1 aliphatic heterocycles. The maximum Gasteiger partial charge on any atom is 0.222 e. The molecule has 1 aromatic rings. The number of nitrogens with two attached hydrogens (primary N) is 2. The highest BCUT2D eigenvalue weighted by Gasteiger charge is 2.29. The molecule has 0 bridgehead atoms. The van der Waals surface area contributed by atoms with Gasteiger partial charge < -0.3 is 21.7 Å². The van der Waals surface area contributed by atoms with E-state index >= 15 is 0 Å². The average molecular weight is 417 g/mol. The van der Waals surface area contributed by atoms with E-state index in [1.807, 2.05) is 0 Å². The number of aromatic nitrogens is 2. The van der Waals surface area contributed by atoms with Gasteiger partial charge in [0.2, 0.25) is 5.95 Å². The third kappa shape index (κ3) is 5.59. The van der Waals surface area contributed by atoms with E-state index in [-0.39, 0.29) is 24.8 Å². The molecule has 1 saturated heterocycles. The van der Waals surface area contributed by atoms with E-state index in [1.165, 1.54) is 51.6 Å². The van der Waals surface area contributed by atoms with Gasteiger partial charge in [0.15, 0.2) is 0 Å². The van der Waals surface area contributed by atoms with Gasteiger partial charge in [0.05, 0.1) is 5.69 Å². The zero-order valence-corrected chi connectivity index (χ0v) is 17.6. The summed E-state index contributed by atoms with van der Waals surface area (Å²) in [4.78, 5) is 11.5. The number of likely N-dealkylation sites (tertiary alicyclic amines) is 1. The van der Waals surface area contributed by atoms with Gasteiger partial charge in [-0.05, 0) is 57.5 Å². The highest BCUT2D eigenvalue weighted by Crippen LogP contribution is 2.35. The molecule has 2 saturated carbocycles. The minimum Gasteiger partial charge on any atom is -0.370 e. The quantitative estimate of drug-likeness (QED) is 0.682. The lowest BCUT2D eigenvalue weighted by Gasteiger charge is -2.36. The average Bonchev–Trinajstić information content (AvgIpc) is 3.12. The minimum atomic E-state index is 0. The van der Waals surface area contributed by atoms with E-state index in [4.69, 9.17) is 11.5 Å². The maximum absolute atomic E-state index is 5.91. The molecule has 8 heteroatoms. The lowest BCUT2D eigenvalue weighted by Crippen LogP contribution is -2.41. The molecule has 1 aromatic heterocycles. The maximum atomic E-state index is 5.91. The van der Waals surface area contributed by atoms with Crippen molar-refractivity contribution in [3.05, 3.63) is 11.8 Å². The molecule has 3 aliphatic rings. The highest BCUT2D eigenvalue weighted by atomic mass is 35.5. The van der Waals surface area contributed by atoms with Crippen molar-refractivity contribution in [2.45, 2.75) is 69.4 Å². The Labute approximate surface area is 175 Å². The Kier molecular flexibility index (Phi) is 8.40. The molecule has 27 heavy (non-hydrogen) atoms. The predicted octanol–water partition coefficient (Wildman–Crippen LogP) is 3.17. The summed E-state index contributed by atoms with van der Waals surface area (Å²) in [6, 6.07) is 3.26. The number of rotatable bonds is 5. The number of nitrogens with one attached hydrogen (secondary N) is 1. The van der Waals surface area contributed by atoms with Gasteiger partial charge in [-0.1, -0.05) is 12.8 Å². The Morgan fingerprint density at radius 2 is 1.70 bits per heavy atom. The van der Waals surface area contributed by atoms with Gasteiger partial charge in [0, 0.05) is 30.6 Å². The van der Waals surface area contributed by atoms with Crippen LogP contribution in [0, 0.1) is 5.92 Å². The first kappa shape index (κ1) is 22.5. The van der Waals surface area contributed by atoms with Gasteiger partial charge in [0.1, 0.15) is 5.82 Å². The van der Waals surface area contributed by atoms with Crippen LogP contribution in [0.3, 0.4) is 0 Å². The van der Waals surface area contributed by atoms with Crippen molar-refractivity contribution in [2.75, 3.05) is 30.7 Å². The first-order chi connectivity index (χ1) is 12.2. The molecule has 6 nitrogen and oxygen atoms in total. The molecule has 0 spiro atoms. The van der Waals surface area contributed by atoms with Crippen molar-refractivity contribution in [3.8, 4) is 0 Å². The number of halogens is 2. The largest absolute Gasteiger partial charge is 0.370 e. The number of hydrogen-bond acceptors (Lipinski definition) is 6. The van der Waals surface area contributed by atoms with Crippen LogP contribution < -0.4 is 16.8 Å². The Morgan fingerprint density at radius 3 is 2.33 bits per heavy atom. The summed E-state index contributed by atoms with van der Waals surface area (Å²) >= 11 is 0. The zero-order valence-electron chi connectivity index (χ0n) is 16.0. The van der Waals surface area contributed by atoms with Crippen molar-refractivity contribution >= 4 is 36.6 Å². The van der Waals surface area contributed by atoms with Crippen LogP contribution in [0.4, 0.5) is 11.8 Å². The molecular formula is C19H34Cl2N6. The second-order valence-corrected chi connectivity index (χ2v) is 8.26. The van der Waals surface area contributed by atoms with E-state index in [0.29, 0.717) is 17.9 Å². The number of piperidine rings is 1. The summed E-state index contributed by atoms with van der Waals surface area (Å²) in [6.45, 7) is 3.50. The first-order valence-electron chi connectivity index (χ1n) is 10.1. The predicted molar refractivity (Wildman–Crippen MR) is 116 cm³/mol. The molecule has 2 heterocycles. The Balaban J connectivity index is 0.00000131. The minimum absolute atomic E-state index is 0. The SMILES string of the molecule is Cl.Cl.Nc1nc(NCC2CCN(C3CCCC3)CC2)cc(C2CC(N)C2)n1. The van der Waals surface area contributed by atoms with Gasteiger partial charge in [-0.15, -0.1) is 24.8 Å². The summed E-state index contributed by atoms with van der Waals surface area (Å²) < 4.78 is 0. The number of nitrogen functional groups attached to an aromatic ring is 1. The van der Waals surface area contributed by atoms with Crippen molar-refractivity contribution in [3.63, 3.8) is 0 Å². The molecular weight excluding hydrogens is 383 g/mol. The normalized spacial score (nSPS) is 26.7. The van der Waals surface area contributed by atoms with E-state index in [1.54, 1.807) is 0 Å². The van der Waals surface area contributed by atoms with Gasteiger partial charge >= 0.3 is 0 Å². The van der Waals surface area contributed by atoms with E-state index < -0.39 is 0 Å². The number of hydrogen-bond donors (Lipinski definition) is 3. The van der Waals surface area contributed by atoms with Crippen LogP contribution in [0.1, 0.15) is 63.0 Å². The monoisotopic (exact) mass is 416 g/mol. The highest BCUT2D eigenvalue weighted by molar-refractivity contribution is 5.85. The van der Waals surface area contributed by atoms with E-state index in [2.05, 4.69) is 26.3 Å². The lowest BCUT2D eigenvalue weighted by atomic mass is 9.78. The van der Waals surface area contributed by atoms with Crippen molar-refractivity contribution in [1.29, 1.82) is 0 Å². The summed E-state index contributed by atoms with van der Waals surface area (Å²) in [7, 11) is 0. The van der Waals surface area contributed by atoms with E-state index in [9.17, 15) is 0 Å². The first-order valence-corrected chi connectivity index (χ1v) is 10.1. The standard InChI is InChI=1S/C19H32N6.2ClH/c20-15-9-14(10-15)17-11-18(24-19(21)23-17)22-12-13-5-7-25(8-6-13)16-3-1-2-4-16;;/h11,13-16H,1-10,12,20H2,(H3,21,22,23,24);2*1H. The van der Waals surface area contributed by atoms with Gasteiger partial charge in [0.25, 0.3) is 0 Å². The number of anilines is 2. The topological polar surface area (TPSA) is 93.1 Å². The smallest absolute Gasteiger partial charge is 0.222 e. The van der Waals surface area contributed by atoms with Crippen LogP contribution in [0.5, 0.6) is 0 Å². The number of nitrogens with zero attached hydrogens (tertiary/aromatic N) is 3. The molecule has 154 valence electrons. The summed E-state index contributed by atoms with van der Waals surface area (Å²) in [6.07, 6.45) is 10.3. The molecule has 3 fully saturated rings. The third-order valence-corrected chi connectivity index (χ3v) is 6.42. The molecule has 5 N–H and O–H groups in total. The summed E-state index contributed by atoms with van der Waals surface area (Å²) in [5.41, 5.74) is 12.9. The lowest BCUT2D eigenvalue weighted by molar-refractivity contribution is 0.138. The fourth-order valence-corrected chi connectivity index (χ4v) is 4.73. The van der Waals surface area contributed by atoms with Crippen LogP contribution in [-0.2, 0) is 0 Å². The zero-order chi connectivity index (χ0) is 17.2. The Morgan fingerprint density at radius 1 is 1.04 bits per heavy atom. The molecule has 2 aliphatic carbocycles. The molecule has 0 unspecified atom stereocenters. The Bertz CT molecular complexity index is 582. The van der Waals surface area contributed by atoms with Crippen LogP contribution >= 0.6 is 24.8 Å². The third-order valence-electron chi connectivity index (χ3n) is 6.42. The van der Waals surface area contributed by atoms with Crippen LogP contribution in [0.25, 0.3) is 0 Å². The van der Waals surface area contributed by atoms with Gasteiger partial charge in [-0.25, -0.2) is 4.98 Å². The van der Waals surface area contributed by atoms with Crippen molar-refractivity contribution < 1.29 is 0 Å². The van der Waals surface area contributed by atoms with Crippen LogP contribution in [-0.4, -0.2) is 46.6 Å². The molecule has 0 amide bonds. The fraction of sp³-hybridized carbons (Fsp3) is 0.789. The second-order valence-electron chi connectivity index (χ2n) is 8.26. The molecule has 4 rings (SSSR count). The van der Waals surface area contributed by atoms with Gasteiger partial charge in [-0.3, -0.25) is 0 Å². The Hall–Kier alpha value is -0.820.